The first-order valence-corrected chi connectivity index (χ1v) is 3.52. The van der Waals surface area contributed by atoms with Gasteiger partial charge in [-0.15, -0.1) is 6.10 Å². The molecule has 2 saturated carbocycles. The highest BCUT2D eigenvalue weighted by molar-refractivity contribution is 4.88. The van der Waals surface area contributed by atoms with Crippen LogP contribution in [-0.4, -0.2) is 6.10 Å². The monoisotopic (exact) mass is 111 g/mol. The van der Waals surface area contributed by atoms with Crippen molar-refractivity contribution in [2.24, 2.45) is 11.8 Å². The summed E-state index contributed by atoms with van der Waals surface area (Å²) in [4.78, 5) is 0. The molecule has 3 atom stereocenters. The predicted molar refractivity (Wildman–Crippen MR) is 29.2 cm³/mol. The Kier molecular flexibility index (Phi) is 0.884. The number of fused-ring (bicyclic) bond motifs is 2. The fourth-order valence-corrected chi connectivity index (χ4v) is 2.19. The highest BCUT2D eigenvalue weighted by atomic mass is 16.3. The molecule has 2 aliphatic carbocycles. The van der Waals surface area contributed by atoms with Gasteiger partial charge < -0.3 is 5.11 Å². The topological polar surface area (TPSA) is 23.1 Å². The van der Waals surface area contributed by atoms with Gasteiger partial charge in [0.2, 0.25) is 0 Å². The van der Waals surface area contributed by atoms with Crippen LogP contribution in [0.5, 0.6) is 0 Å². The van der Waals surface area contributed by atoms with Gasteiger partial charge in [0.15, 0.2) is 0 Å². The van der Waals surface area contributed by atoms with E-state index in [1.54, 1.807) is 0 Å². The molecule has 0 radical (unpaired) electrons. The molecule has 2 bridgehead atoms. The van der Waals surface area contributed by atoms with E-state index in [2.05, 4.69) is 0 Å². The Bertz CT molecular complexity index is 98.6. The molecule has 0 saturated heterocycles. The third-order valence-electron chi connectivity index (χ3n) is 2.67. The Hall–Kier alpha value is -0.0400. The van der Waals surface area contributed by atoms with E-state index in [-0.39, 0.29) is 6.10 Å². The van der Waals surface area contributed by atoms with E-state index >= 15 is 0 Å². The van der Waals surface area contributed by atoms with Crippen molar-refractivity contribution in [2.45, 2.75) is 31.8 Å². The van der Waals surface area contributed by atoms with E-state index in [1.165, 1.54) is 19.3 Å². The van der Waals surface area contributed by atoms with Gasteiger partial charge in [-0.2, -0.15) is 0 Å². The molecule has 0 aliphatic heterocycles. The zero-order chi connectivity index (χ0) is 5.56. The average Bonchev–Trinajstić information content (AvgIpc) is 2.23. The molecule has 0 aromatic rings. The lowest BCUT2D eigenvalue weighted by Gasteiger charge is -2.26. The Balaban J connectivity index is 2.11. The van der Waals surface area contributed by atoms with Crippen LogP contribution >= 0.6 is 0 Å². The van der Waals surface area contributed by atoms with Gasteiger partial charge in [0.05, 0.1) is 0 Å². The Morgan fingerprint density at radius 1 is 1.12 bits per heavy atom. The van der Waals surface area contributed by atoms with Gasteiger partial charge >= 0.3 is 0 Å². The lowest BCUT2D eigenvalue weighted by atomic mass is 9.98. The molecular formula is C7H11O-. The summed E-state index contributed by atoms with van der Waals surface area (Å²) in [6.45, 7) is 0. The second-order valence-electron chi connectivity index (χ2n) is 3.21. The van der Waals surface area contributed by atoms with Gasteiger partial charge in [0.1, 0.15) is 0 Å². The largest absolute Gasteiger partial charge is 0.852 e. The van der Waals surface area contributed by atoms with Crippen molar-refractivity contribution in [3.05, 3.63) is 0 Å². The standard InChI is InChI=1S/C7H11O/c8-7-4-5-1-2-6(7)3-5/h5-7H,1-4H2/q-1/t5?,6?,7-/m1/s1. The molecular weight excluding hydrogens is 100 g/mol. The number of hydrogen-bond acceptors (Lipinski definition) is 1. The molecule has 2 rings (SSSR count). The van der Waals surface area contributed by atoms with E-state index < -0.39 is 0 Å². The van der Waals surface area contributed by atoms with E-state index in [0.717, 1.165) is 12.3 Å². The van der Waals surface area contributed by atoms with Crippen LogP contribution in [0.1, 0.15) is 25.7 Å². The Morgan fingerprint density at radius 3 is 2.25 bits per heavy atom. The summed E-state index contributed by atoms with van der Waals surface area (Å²) in [7, 11) is 0. The zero-order valence-corrected chi connectivity index (χ0v) is 4.97. The van der Waals surface area contributed by atoms with Crippen molar-refractivity contribution >= 4 is 0 Å². The summed E-state index contributed by atoms with van der Waals surface area (Å²) >= 11 is 0. The summed E-state index contributed by atoms with van der Waals surface area (Å²) in [5.74, 6) is 1.42. The second kappa shape index (κ2) is 1.47. The third-order valence-corrected chi connectivity index (χ3v) is 2.67. The molecule has 2 unspecified atom stereocenters. The van der Waals surface area contributed by atoms with Crippen LogP contribution in [0.4, 0.5) is 0 Å². The Morgan fingerprint density at radius 2 is 2.00 bits per heavy atom. The first-order valence-electron chi connectivity index (χ1n) is 3.52. The molecule has 46 valence electrons. The molecule has 0 amide bonds. The van der Waals surface area contributed by atoms with Crippen LogP contribution in [0.25, 0.3) is 0 Å². The molecule has 0 N–H and O–H groups in total. The van der Waals surface area contributed by atoms with Crippen molar-refractivity contribution < 1.29 is 5.11 Å². The first-order chi connectivity index (χ1) is 3.86. The van der Waals surface area contributed by atoms with Gasteiger partial charge in [-0.25, -0.2) is 0 Å². The molecule has 2 aliphatic rings. The first kappa shape index (κ1) is 4.80. The van der Waals surface area contributed by atoms with Gasteiger partial charge in [0.25, 0.3) is 0 Å². The van der Waals surface area contributed by atoms with Gasteiger partial charge in [-0.1, -0.05) is 25.2 Å². The van der Waals surface area contributed by atoms with Crippen LogP contribution in [0.15, 0.2) is 0 Å². The van der Waals surface area contributed by atoms with Crippen molar-refractivity contribution in [2.75, 3.05) is 0 Å². The number of rotatable bonds is 0. The Labute approximate surface area is 49.7 Å². The minimum absolute atomic E-state index is 0.172. The van der Waals surface area contributed by atoms with Gasteiger partial charge in [-0.3, -0.25) is 0 Å². The SMILES string of the molecule is [O-][C@@H]1CC2CCC1C2. The minimum Gasteiger partial charge on any atom is -0.852 e. The fraction of sp³-hybridized carbons (Fsp3) is 1.00. The normalized spacial score (nSPS) is 52.9. The van der Waals surface area contributed by atoms with Gasteiger partial charge in [-0.05, 0) is 12.3 Å². The van der Waals surface area contributed by atoms with Crippen LogP contribution in [0.3, 0.4) is 0 Å². The molecule has 1 nitrogen and oxygen atoms in total. The maximum Gasteiger partial charge on any atom is -0.0422 e. The van der Waals surface area contributed by atoms with E-state index in [1.807, 2.05) is 0 Å². The average molecular weight is 111 g/mol. The van der Waals surface area contributed by atoms with Crippen molar-refractivity contribution in [1.82, 2.24) is 0 Å². The summed E-state index contributed by atoms with van der Waals surface area (Å²) in [5, 5.41) is 10.9. The fourth-order valence-electron chi connectivity index (χ4n) is 2.19. The summed E-state index contributed by atoms with van der Waals surface area (Å²) < 4.78 is 0. The molecule has 2 fully saturated rings. The third kappa shape index (κ3) is 0.510. The molecule has 0 heterocycles. The van der Waals surface area contributed by atoms with Crippen molar-refractivity contribution in [3.63, 3.8) is 0 Å². The quantitative estimate of drug-likeness (QED) is 0.447. The van der Waals surface area contributed by atoms with E-state index in [9.17, 15) is 5.11 Å². The predicted octanol–water partition coefficient (Wildman–Crippen LogP) is 0.535. The summed E-state index contributed by atoms with van der Waals surface area (Å²) in [6.07, 6.45) is 4.66. The molecule has 1 heteroatoms. The van der Waals surface area contributed by atoms with E-state index in [0.29, 0.717) is 5.92 Å². The lowest BCUT2D eigenvalue weighted by molar-refractivity contribution is -0.431. The molecule has 0 aromatic carbocycles. The maximum atomic E-state index is 10.9. The van der Waals surface area contributed by atoms with E-state index in [4.69, 9.17) is 0 Å². The second-order valence-corrected chi connectivity index (χ2v) is 3.21. The van der Waals surface area contributed by atoms with Crippen LogP contribution in [0, 0.1) is 11.8 Å². The molecule has 0 spiro atoms. The van der Waals surface area contributed by atoms with Gasteiger partial charge in [0, 0.05) is 0 Å². The van der Waals surface area contributed by atoms with Crippen molar-refractivity contribution in [3.8, 4) is 0 Å². The smallest absolute Gasteiger partial charge is 0.0422 e. The molecule has 0 aromatic heterocycles. The van der Waals surface area contributed by atoms with Crippen molar-refractivity contribution in [1.29, 1.82) is 0 Å². The van der Waals surface area contributed by atoms with Crippen LogP contribution < -0.4 is 5.11 Å². The summed E-state index contributed by atoms with van der Waals surface area (Å²) in [5.41, 5.74) is 0. The number of hydrogen-bond donors (Lipinski definition) is 0. The minimum atomic E-state index is -0.172. The maximum absolute atomic E-state index is 10.9. The zero-order valence-electron chi connectivity index (χ0n) is 4.97. The highest BCUT2D eigenvalue weighted by Gasteiger charge is 2.33. The van der Waals surface area contributed by atoms with Crippen LogP contribution in [0.2, 0.25) is 0 Å². The lowest BCUT2D eigenvalue weighted by Crippen LogP contribution is -2.30. The summed E-state index contributed by atoms with van der Waals surface area (Å²) in [6, 6.07) is 0. The van der Waals surface area contributed by atoms with Crippen LogP contribution in [-0.2, 0) is 0 Å². The highest BCUT2D eigenvalue weighted by Crippen LogP contribution is 2.43. The molecule has 8 heavy (non-hydrogen) atoms.